The Balaban J connectivity index is 2.98. The molecule has 7 heteroatoms. The first-order valence-corrected chi connectivity index (χ1v) is 8.35. The first-order valence-electron chi connectivity index (χ1n) is 6.33. The van der Waals surface area contributed by atoms with Gasteiger partial charge in [-0.25, -0.2) is 13.1 Å². The zero-order valence-electron chi connectivity index (χ0n) is 11.3. The van der Waals surface area contributed by atoms with Crippen molar-refractivity contribution >= 4 is 21.6 Å². The van der Waals surface area contributed by atoms with Crippen LogP contribution in [0.3, 0.4) is 0 Å². The van der Waals surface area contributed by atoms with Gasteiger partial charge in [-0.05, 0) is 30.5 Å². The second kappa shape index (κ2) is 7.38. The van der Waals surface area contributed by atoms with Crippen LogP contribution in [0.4, 0.5) is 0 Å². The molecule has 0 spiro atoms. The number of sulfonamides is 1. The number of alkyl halides is 1. The van der Waals surface area contributed by atoms with E-state index in [-0.39, 0.29) is 11.3 Å². The van der Waals surface area contributed by atoms with E-state index in [1.54, 1.807) is 19.1 Å². The molecule has 0 amide bonds. The minimum absolute atomic E-state index is 0.0931. The fraction of sp³-hybridized carbons (Fsp3) is 0.538. The molecule has 0 unspecified atom stereocenters. The lowest BCUT2D eigenvalue weighted by atomic mass is 10.0. The molecular formula is C13H20ClNO4S. The molecule has 114 valence electrons. The minimum Gasteiger partial charge on any atom is -0.394 e. The zero-order valence-corrected chi connectivity index (χ0v) is 12.9. The van der Waals surface area contributed by atoms with Crippen LogP contribution in [0.15, 0.2) is 29.2 Å². The molecule has 1 aromatic carbocycles. The van der Waals surface area contributed by atoms with Gasteiger partial charge in [0.1, 0.15) is 0 Å². The van der Waals surface area contributed by atoms with E-state index in [1.165, 1.54) is 12.1 Å². The summed E-state index contributed by atoms with van der Waals surface area (Å²) in [5, 5.41) is 18.6. The Morgan fingerprint density at radius 1 is 1.20 bits per heavy atom. The molecule has 1 aromatic rings. The summed E-state index contributed by atoms with van der Waals surface area (Å²) in [6.07, 6.45) is 0.949. The molecule has 0 aliphatic carbocycles. The van der Waals surface area contributed by atoms with E-state index in [0.717, 1.165) is 5.56 Å². The Morgan fingerprint density at radius 2 is 1.75 bits per heavy atom. The number of hydrogen-bond acceptors (Lipinski definition) is 4. The maximum atomic E-state index is 12.2. The number of aliphatic hydroxyl groups is 2. The maximum absolute atomic E-state index is 12.2. The van der Waals surface area contributed by atoms with Gasteiger partial charge < -0.3 is 10.2 Å². The van der Waals surface area contributed by atoms with Gasteiger partial charge in [0, 0.05) is 5.88 Å². The monoisotopic (exact) mass is 321 g/mol. The zero-order chi connectivity index (χ0) is 15.2. The number of halogens is 1. The lowest BCUT2D eigenvalue weighted by Gasteiger charge is -2.29. The fourth-order valence-corrected chi connectivity index (χ4v) is 3.37. The highest BCUT2D eigenvalue weighted by molar-refractivity contribution is 7.89. The van der Waals surface area contributed by atoms with Crippen LogP contribution < -0.4 is 4.72 Å². The molecule has 3 N–H and O–H groups in total. The van der Waals surface area contributed by atoms with E-state index in [4.69, 9.17) is 11.6 Å². The van der Waals surface area contributed by atoms with Crippen molar-refractivity contribution in [3.8, 4) is 0 Å². The van der Waals surface area contributed by atoms with Gasteiger partial charge in [-0.2, -0.15) is 0 Å². The highest BCUT2D eigenvalue weighted by atomic mass is 35.5. The van der Waals surface area contributed by atoms with Gasteiger partial charge in [0.25, 0.3) is 0 Å². The molecular weight excluding hydrogens is 302 g/mol. The summed E-state index contributed by atoms with van der Waals surface area (Å²) < 4.78 is 26.8. The Kier molecular flexibility index (Phi) is 6.42. The van der Waals surface area contributed by atoms with Gasteiger partial charge in [-0.1, -0.05) is 19.1 Å². The number of aliphatic hydroxyl groups excluding tert-OH is 2. The lowest BCUT2D eigenvalue weighted by Crippen LogP contribution is -2.53. The Bertz CT molecular complexity index is 503. The molecule has 0 heterocycles. The molecule has 0 aromatic heterocycles. The average Bonchev–Trinajstić information content (AvgIpc) is 2.46. The molecule has 0 saturated carbocycles. The van der Waals surface area contributed by atoms with Crippen molar-refractivity contribution in [1.82, 2.24) is 4.72 Å². The number of hydrogen-bond donors (Lipinski definition) is 3. The van der Waals surface area contributed by atoms with E-state index in [2.05, 4.69) is 4.72 Å². The van der Waals surface area contributed by atoms with Crippen LogP contribution in [0.5, 0.6) is 0 Å². The molecule has 0 bridgehead atoms. The fourth-order valence-electron chi connectivity index (χ4n) is 1.70. The third-order valence-electron chi connectivity index (χ3n) is 3.25. The summed E-state index contributed by atoms with van der Waals surface area (Å²) >= 11 is 5.62. The van der Waals surface area contributed by atoms with E-state index in [9.17, 15) is 18.6 Å². The smallest absolute Gasteiger partial charge is 0.241 e. The summed E-state index contributed by atoms with van der Waals surface area (Å²) in [5.74, 6) is 0.471. The predicted octanol–water partition coefficient (Wildman–Crippen LogP) is 0.880. The van der Waals surface area contributed by atoms with Crippen LogP contribution in [0, 0.1) is 0 Å². The van der Waals surface area contributed by atoms with E-state index < -0.39 is 28.8 Å². The van der Waals surface area contributed by atoms with Crippen LogP contribution in [-0.4, -0.2) is 43.3 Å². The summed E-state index contributed by atoms with van der Waals surface area (Å²) in [6.45, 7) is 0.756. The van der Waals surface area contributed by atoms with Crippen molar-refractivity contribution in [2.75, 3.05) is 19.1 Å². The van der Waals surface area contributed by atoms with Crippen LogP contribution in [-0.2, 0) is 16.4 Å². The Morgan fingerprint density at radius 3 is 2.15 bits per heavy atom. The van der Waals surface area contributed by atoms with Crippen LogP contribution in [0.25, 0.3) is 0 Å². The molecule has 0 saturated heterocycles. The molecule has 0 fully saturated rings. The quantitative estimate of drug-likeness (QED) is 0.620. The van der Waals surface area contributed by atoms with Crippen LogP contribution in [0.2, 0.25) is 0 Å². The van der Waals surface area contributed by atoms with Crippen LogP contribution >= 0.6 is 11.6 Å². The van der Waals surface area contributed by atoms with Crippen LogP contribution in [0.1, 0.15) is 18.9 Å². The predicted molar refractivity (Wildman–Crippen MR) is 78.4 cm³/mol. The second-order valence-corrected chi connectivity index (χ2v) is 6.70. The number of aryl methyl sites for hydroxylation is 1. The van der Waals surface area contributed by atoms with Crippen molar-refractivity contribution < 1.29 is 18.6 Å². The number of rotatable bonds is 8. The van der Waals surface area contributed by atoms with Crippen molar-refractivity contribution in [1.29, 1.82) is 0 Å². The minimum atomic E-state index is -3.79. The third-order valence-corrected chi connectivity index (χ3v) is 5.03. The number of benzene rings is 1. The molecule has 5 nitrogen and oxygen atoms in total. The SMILES string of the molecule is CCC(CO)(CO)NS(=O)(=O)c1ccc(CCCl)cc1. The molecule has 0 aliphatic rings. The van der Waals surface area contributed by atoms with Crippen molar-refractivity contribution in [3.05, 3.63) is 29.8 Å². The summed E-state index contributed by atoms with van der Waals surface area (Å²) in [7, 11) is -3.79. The topological polar surface area (TPSA) is 86.6 Å². The second-order valence-electron chi connectivity index (χ2n) is 4.64. The number of nitrogens with one attached hydrogen (secondary N) is 1. The largest absolute Gasteiger partial charge is 0.394 e. The first-order chi connectivity index (χ1) is 9.43. The summed E-state index contributed by atoms with van der Waals surface area (Å²) in [4.78, 5) is 0.0931. The summed E-state index contributed by atoms with van der Waals surface area (Å²) in [6, 6.07) is 6.36. The van der Waals surface area contributed by atoms with Gasteiger partial charge in [0.15, 0.2) is 0 Å². The summed E-state index contributed by atoms with van der Waals surface area (Å²) in [5.41, 5.74) is -0.293. The third kappa shape index (κ3) is 4.17. The van der Waals surface area contributed by atoms with Crippen molar-refractivity contribution in [3.63, 3.8) is 0 Å². The van der Waals surface area contributed by atoms with E-state index in [1.807, 2.05) is 0 Å². The van der Waals surface area contributed by atoms with E-state index in [0.29, 0.717) is 12.3 Å². The van der Waals surface area contributed by atoms with Gasteiger partial charge in [0.05, 0.1) is 23.6 Å². The highest BCUT2D eigenvalue weighted by Crippen LogP contribution is 2.17. The van der Waals surface area contributed by atoms with Gasteiger partial charge in [-0.15, -0.1) is 11.6 Å². The van der Waals surface area contributed by atoms with E-state index >= 15 is 0 Å². The van der Waals surface area contributed by atoms with Gasteiger partial charge in [-0.3, -0.25) is 0 Å². The molecule has 0 atom stereocenters. The lowest BCUT2D eigenvalue weighted by molar-refractivity contribution is 0.105. The molecule has 0 aliphatic heterocycles. The van der Waals surface area contributed by atoms with Crippen molar-refractivity contribution in [2.24, 2.45) is 0 Å². The van der Waals surface area contributed by atoms with Gasteiger partial charge in [0.2, 0.25) is 10.0 Å². The molecule has 20 heavy (non-hydrogen) atoms. The van der Waals surface area contributed by atoms with Gasteiger partial charge >= 0.3 is 0 Å². The Labute approximate surface area is 124 Å². The standard InChI is InChI=1S/C13H20ClNO4S/c1-2-13(9-16,10-17)15-20(18,19)12-5-3-11(4-6-12)7-8-14/h3-6,15-17H,2,7-10H2,1H3. The average molecular weight is 322 g/mol. The maximum Gasteiger partial charge on any atom is 0.241 e. The molecule has 0 radical (unpaired) electrons. The normalized spacial score (nSPS) is 12.6. The molecule has 1 rings (SSSR count). The Hall–Kier alpha value is -0.660. The van der Waals surface area contributed by atoms with Crippen molar-refractivity contribution in [2.45, 2.75) is 30.2 Å². The highest BCUT2D eigenvalue weighted by Gasteiger charge is 2.32. The first kappa shape index (κ1) is 17.4.